The van der Waals surface area contributed by atoms with Crippen molar-refractivity contribution < 1.29 is 0 Å². The van der Waals surface area contributed by atoms with E-state index in [0.717, 1.165) is 26.8 Å². The largest absolute Gasteiger partial charge is 0.319 e. The molecule has 3 nitrogen and oxygen atoms in total. The van der Waals surface area contributed by atoms with E-state index in [-0.39, 0.29) is 0 Å². The normalized spacial score (nSPS) is 11.2. The van der Waals surface area contributed by atoms with Crippen molar-refractivity contribution >= 4 is 38.6 Å². The summed E-state index contributed by atoms with van der Waals surface area (Å²) in [5, 5.41) is 1.66. The zero-order valence-corrected chi connectivity index (χ0v) is 12.8. The standard InChI is InChI=1S/C14H11BrClN3/c1-8-11-7-12(16)19(2)14(11)18-13(17-8)9-4-3-5-10(15)6-9/h3-7H,1-2H3. The Hall–Kier alpha value is -1.39. The lowest BCUT2D eigenvalue weighted by atomic mass is 10.2. The highest BCUT2D eigenvalue weighted by molar-refractivity contribution is 9.10. The predicted octanol–water partition coefficient (Wildman–Crippen LogP) is 4.36. The van der Waals surface area contributed by atoms with Gasteiger partial charge in [0.25, 0.3) is 0 Å². The minimum absolute atomic E-state index is 0.666. The smallest absolute Gasteiger partial charge is 0.161 e. The maximum Gasteiger partial charge on any atom is 0.161 e. The molecule has 0 saturated carbocycles. The number of halogens is 2. The molecule has 96 valence electrons. The van der Waals surface area contributed by atoms with E-state index in [2.05, 4.69) is 25.9 Å². The lowest BCUT2D eigenvalue weighted by molar-refractivity contribution is 0.944. The molecular formula is C14H11BrClN3. The Labute approximate surface area is 124 Å². The van der Waals surface area contributed by atoms with Gasteiger partial charge >= 0.3 is 0 Å². The predicted molar refractivity (Wildman–Crippen MR) is 81.4 cm³/mol. The van der Waals surface area contributed by atoms with Crippen molar-refractivity contribution in [3.8, 4) is 11.4 Å². The highest BCUT2D eigenvalue weighted by atomic mass is 79.9. The molecule has 2 aromatic heterocycles. The molecule has 0 N–H and O–H groups in total. The maximum atomic E-state index is 6.14. The number of fused-ring (bicyclic) bond motifs is 1. The molecule has 3 aromatic rings. The molecule has 0 aliphatic rings. The minimum atomic E-state index is 0.666. The summed E-state index contributed by atoms with van der Waals surface area (Å²) in [6.07, 6.45) is 0. The summed E-state index contributed by atoms with van der Waals surface area (Å²) in [4.78, 5) is 9.18. The average Bonchev–Trinajstić information content (AvgIpc) is 2.67. The molecule has 19 heavy (non-hydrogen) atoms. The molecule has 0 bridgehead atoms. The molecule has 0 aliphatic heterocycles. The highest BCUT2D eigenvalue weighted by Crippen LogP contribution is 2.26. The first-order valence-electron chi connectivity index (χ1n) is 5.82. The molecule has 2 heterocycles. The summed E-state index contributed by atoms with van der Waals surface area (Å²) < 4.78 is 2.88. The van der Waals surface area contributed by atoms with Crippen LogP contribution in [0.1, 0.15) is 5.69 Å². The van der Waals surface area contributed by atoms with Crippen LogP contribution >= 0.6 is 27.5 Å². The van der Waals surface area contributed by atoms with Crippen LogP contribution in [0.5, 0.6) is 0 Å². The van der Waals surface area contributed by atoms with E-state index >= 15 is 0 Å². The zero-order chi connectivity index (χ0) is 13.6. The number of nitrogens with zero attached hydrogens (tertiary/aromatic N) is 3. The van der Waals surface area contributed by atoms with Crippen molar-refractivity contribution in [3.63, 3.8) is 0 Å². The summed E-state index contributed by atoms with van der Waals surface area (Å²) in [5.74, 6) is 0.712. The Morgan fingerprint density at radius 1 is 1.21 bits per heavy atom. The fourth-order valence-electron chi connectivity index (χ4n) is 2.06. The Kier molecular flexibility index (Phi) is 3.07. The van der Waals surface area contributed by atoms with Crippen molar-refractivity contribution in [3.05, 3.63) is 45.7 Å². The molecule has 3 rings (SSSR count). The lowest BCUT2D eigenvalue weighted by Crippen LogP contribution is -1.96. The number of aryl methyl sites for hydroxylation is 2. The van der Waals surface area contributed by atoms with Gasteiger partial charge in [0.15, 0.2) is 5.82 Å². The number of rotatable bonds is 1. The number of benzene rings is 1. The third kappa shape index (κ3) is 2.15. The number of aromatic nitrogens is 3. The molecule has 0 saturated heterocycles. The second kappa shape index (κ2) is 4.62. The monoisotopic (exact) mass is 335 g/mol. The first-order chi connectivity index (χ1) is 9.06. The van der Waals surface area contributed by atoms with Gasteiger partial charge in [-0.1, -0.05) is 39.7 Å². The zero-order valence-electron chi connectivity index (χ0n) is 10.5. The summed E-state index contributed by atoms with van der Waals surface area (Å²) in [5.41, 5.74) is 2.77. The van der Waals surface area contributed by atoms with Crippen LogP contribution in [0.3, 0.4) is 0 Å². The molecular weight excluding hydrogens is 326 g/mol. The molecule has 1 aromatic carbocycles. The molecule has 5 heteroatoms. The van der Waals surface area contributed by atoms with E-state index < -0.39 is 0 Å². The summed E-state index contributed by atoms with van der Waals surface area (Å²) in [6.45, 7) is 1.97. The summed E-state index contributed by atoms with van der Waals surface area (Å²) in [7, 11) is 1.90. The van der Waals surface area contributed by atoms with Gasteiger partial charge in [-0.3, -0.25) is 0 Å². The Morgan fingerprint density at radius 3 is 2.74 bits per heavy atom. The van der Waals surface area contributed by atoms with Crippen LogP contribution in [-0.4, -0.2) is 14.5 Å². The SMILES string of the molecule is Cc1nc(-c2cccc(Br)c2)nc2c1cc(Cl)n2C. The Morgan fingerprint density at radius 2 is 2.00 bits per heavy atom. The van der Waals surface area contributed by atoms with Gasteiger partial charge in [-0.2, -0.15) is 0 Å². The third-order valence-electron chi connectivity index (χ3n) is 3.10. The van der Waals surface area contributed by atoms with Crippen molar-refractivity contribution in [1.82, 2.24) is 14.5 Å². The Bertz CT molecular complexity index is 780. The van der Waals surface area contributed by atoms with Gasteiger partial charge in [0, 0.05) is 22.5 Å². The van der Waals surface area contributed by atoms with E-state index in [9.17, 15) is 0 Å². The van der Waals surface area contributed by atoms with Crippen LogP contribution in [0.25, 0.3) is 22.4 Å². The fraction of sp³-hybridized carbons (Fsp3) is 0.143. The third-order valence-corrected chi connectivity index (χ3v) is 3.96. The molecule has 0 aliphatic carbocycles. The fourth-order valence-corrected chi connectivity index (χ4v) is 2.65. The second-order valence-corrected chi connectivity index (χ2v) is 5.71. The molecule has 0 amide bonds. The Balaban J connectivity index is 2.28. The highest BCUT2D eigenvalue weighted by Gasteiger charge is 2.12. The van der Waals surface area contributed by atoms with E-state index in [1.54, 1.807) is 0 Å². The van der Waals surface area contributed by atoms with Crippen molar-refractivity contribution in [2.24, 2.45) is 7.05 Å². The van der Waals surface area contributed by atoms with Gasteiger partial charge < -0.3 is 4.57 Å². The van der Waals surface area contributed by atoms with Gasteiger partial charge in [-0.05, 0) is 25.1 Å². The summed E-state index contributed by atoms with van der Waals surface area (Å²) in [6, 6.07) is 9.85. The van der Waals surface area contributed by atoms with Gasteiger partial charge in [0.1, 0.15) is 10.8 Å². The molecule has 0 fully saturated rings. The molecule has 0 atom stereocenters. The van der Waals surface area contributed by atoms with E-state index in [4.69, 9.17) is 11.6 Å². The lowest BCUT2D eigenvalue weighted by Gasteiger charge is -2.05. The quantitative estimate of drug-likeness (QED) is 0.661. The van der Waals surface area contributed by atoms with Crippen LogP contribution in [-0.2, 0) is 7.05 Å². The van der Waals surface area contributed by atoms with Gasteiger partial charge in [0.05, 0.1) is 5.69 Å². The topological polar surface area (TPSA) is 30.7 Å². The van der Waals surface area contributed by atoms with Crippen molar-refractivity contribution in [2.45, 2.75) is 6.92 Å². The van der Waals surface area contributed by atoms with Crippen LogP contribution in [0.15, 0.2) is 34.8 Å². The minimum Gasteiger partial charge on any atom is -0.319 e. The van der Waals surface area contributed by atoms with E-state index in [1.165, 1.54) is 0 Å². The number of hydrogen-bond donors (Lipinski definition) is 0. The van der Waals surface area contributed by atoms with Crippen LogP contribution in [0.2, 0.25) is 5.15 Å². The molecule has 0 radical (unpaired) electrons. The molecule has 0 unspecified atom stereocenters. The first kappa shape index (κ1) is 12.6. The van der Waals surface area contributed by atoms with E-state index in [1.807, 2.05) is 48.9 Å². The van der Waals surface area contributed by atoms with Crippen molar-refractivity contribution in [2.75, 3.05) is 0 Å². The van der Waals surface area contributed by atoms with E-state index in [0.29, 0.717) is 11.0 Å². The molecule has 0 spiro atoms. The van der Waals surface area contributed by atoms with Crippen LogP contribution < -0.4 is 0 Å². The average molecular weight is 337 g/mol. The van der Waals surface area contributed by atoms with Gasteiger partial charge in [-0.15, -0.1) is 0 Å². The van der Waals surface area contributed by atoms with Crippen LogP contribution in [0.4, 0.5) is 0 Å². The van der Waals surface area contributed by atoms with Crippen LogP contribution in [0, 0.1) is 6.92 Å². The van der Waals surface area contributed by atoms with Gasteiger partial charge in [-0.25, -0.2) is 9.97 Å². The first-order valence-corrected chi connectivity index (χ1v) is 6.99. The number of hydrogen-bond acceptors (Lipinski definition) is 2. The maximum absolute atomic E-state index is 6.14. The van der Waals surface area contributed by atoms with Gasteiger partial charge in [0.2, 0.25) is 0 Å². The summed E-state index contributed by atoms with van der Waals surface area (Å²) >= 11 is 9.60. The second-order valence-electron chi connectivity index (χ2n) is 4.41. The van der Waals surface area contributed by atoms with Crippen molar-refractivity contribution in [1.29, 1.82) is 0 Å².